The van der Waals surface area contributed by atoms with Crippen LogP contribution in [0.4, 0.5) is 15.8 Å². The van der Waals surface area contributed by atoms with Crippen LogP contribution in [0, 0.1) is 12.1 Å². The van der Waals surface area contributed by atoms with E-state index in [0.717, 1.165) is 67.2 Å². The molecule has 8 heteroatoms. The average molecular weight is 577 g/mol. The largest absolute Gasteiger partial charge is 0.397 e. The number of H-pyrrole nitrogens is 1. The first-order chi connectivity index (χ1) is 20.2. The number of nitrogens with zero attached hydrogens (tertiary/aromatic N) is 3. The fourth-order valence-corrected chi connectivity index (χ4v) is 5.66. The van der Waals surface area contributed by atoms with Crippen molar-refractivity contribution in [2.75, 3.05) is 11.1 Å². The highest BCUT2D eigenvalue weighted by molar-refractivity contribution is 7.11. The van der Waals surface area contributed by atoms with E-state index in [2.05, 4.69) is 59.4 Å². The van der Waals surface area contributed by atoms with Crippen LogP contribution in [-0.2, 0) is 11.8 Å². The van der Waals surface area contributed by atoms with E-state index < -0.39 is 5.41 Å². The summed E-state index contributed by atoms with van der Waals surface area (Å²) < 4.78 is 13.9. The van der Waals surface area contributed by atoms with Gasteiger partial charge in [0.2, 0.25) is 0 Å². The number of allylic oxidation sites excluding steroid dienone is 3. The van der Waals surface area contributed by atoms with E-state index in [1.165, 1.54) is 11.6 Å². The second kappa shape index (κ2) is 12.0. The second-order valence-corrected chi connectivity index (χ2v) is 11.6. The highest BCUT2D eigenvalue weighted by atomic mass is 32.1. The highest BCUT2D eigenvalue weighted by Crippen LogP contribution is 2.38. The molecule has 5 aromatic rings. The third-order valence-electron chi connectivity index (χ3n) is 7.08. The van der Waals surface area contributed by atoms with Crippen molar-refractivity contribution in [1.29, 1.82) is 0 Å². The van der Waals surface area contributed by atoms with E-state index in [1.807, 2.05) is 43.3 Å². The Morgan fingerprint density at radius 2 is 1.90 bits per heavy atom. The number of thiophene rings is 1. The lowest BCUT2D eigenvalue weighted by Crippen LogP contribution is -2.23. The Morgan fingerprint density at radius 3 is 2.62 bits per heavy atom. The van der Waals surface area contributed by atoms with Gasteiger partial charge in [-0.05, 0) is 56.2 Å². The van der Waals surface area contributed by atoms with E-state index in [1.54, 1.807) is 30.7 Å². The lowest BCUT2D eigenvalue weighted by molar-refractivity contribution is 0.599. The van der Waals surface area contributed by atoms with Gasteiger partial charge in [-0.2, -0.15) is 4.39 Å². The third-order valence-corrected chi connectivity index (χ3v) is 7.99. The predicted molar refractivity (Wildman–Crippen MR) is 172 cm³/mol. The van der Waals surface area contributed by atoms with Crippen LogP contribution in [-0.4, -0.2) is 19.9 Å². The summed E-state index contributed by atoms with van der Waals surface area (Å²) in [6.45, 7) is 14.1. The molecule has 0 aliphatic heterocycles. The minimum absolute atomic E-state index is 0.250. The summed E-state index contributed by atoms with van der Waals surface area (Å²) in [5.41, 5.74) is 14.2. The number of aromatic nitrogens is 4. The lowest BCUT2D eigenvalue weighted by Gasteiger charge is -2.25. The summed E-state index contributed by atoms with van der Waals surface area (Å²) in [5.74, 6) is 0.733. The molecule has 0 amide bonds. The minimum Gasteiger partial charge on any atom is -0.397 e. The van der Waals surface area contributed by atoms with Gasteiger partial charge in [0.05, 0.1) is 35.2 Å². The van der Waals surface area contributed by atoms with Crippen LogP contribution in [0.5, 0.6) is 0 Å². The molecule has 6 nitrogen and oxygen atoms in total. The van der Waals surface area contributed by atoms with Crippen LogP contribution in [0.2, 0.25) is 0 Å². The van der Waals surface area contributed by atoms with E-state index in [0.29, 0.717) is 12.1 Å². The number of aryl methyl sites for hydroxylation is 1. The molecule has 0 atom stereocenters. The molecule has 4 heterocycles. The Hall–Kier alpha value is -4.82. The van der Waals surface area contributed by atoms with Crippen molar-refractivity contribution in [2.45, 2.75) is 32.6 Å². The second-order valence-electron chi connectivity index (χ2n) is 10.6. The fraction of sp³-hybridized carbons (Fsp3) is 0.147. The normalized spacial score (nSPS) is 11.9. The Kier molecular flexibility index (Phi) is 8.17. The van der Waals surface area contributed by atoms with Gasteiger partial charge in [0.15, 0.2) is 5.13 Å². The van der Waals surface area contributed by atoms with Gasteiger partial charge in [-0.3, -0.25) is 9.97 Å². The Morgan fingerprint density at radius 1 is 1.12 bits per heavy atom. The van der Waals surface area contributed by atoms with Crippen LogP contribution in [0.25, 0.3) is 16.8 Å². The first-order valence-corrected chi connectivity index (χ1v) is 14.3. The first-order valence-electron chi connectivity index (χ1n) is 13.5. The van der Waals surface area contributed by atoms with Crippen LogP contribution < -0.4 is 11.1 Å². The lowest BCUT2D eigenvalue weighted by atomic mass is 9.82. The standard InChI is InChI=1S/C34H33FN6S/c1-6-10-26(30-13-14-31(35)42-30)32-22(3)40-33(41-32)34(4,5)27-17-29(38-20-28(27)36)24-16-25(19-37-18-24)39-21(2)15-23-11-8-7-9-12-23/h6-14,16-20,39H,1-2,15,36H2,3-5H3,(H,40,41)/b26-10-. The minimum atomic E-state index is -0.599. The molecule has 0 spiro atoms. The molecule has 0 bridgehead atoms. The molecule has 0 aliphatic carbocycles. The number of nitrogens with one attached hydrogen (secondary N) is 2. The van der Waals surface area contributed by atoms with Crippen molar-refractivity contribution in [2.24, 2.45) is 0 Å². The molecule has 4 N–H and O–H groups in total. The quantitative estimate of drug-likeness (QED) is 0.146. The number of nitrogen functional groups attached to an aromatic ring is 1. The van der Waals surface area contributed by atoms with Crippen LogP contribution >= 0.6 is 11.3 Å². The van der Waals surface area contributed by atoms with Crippen molar-refractivity contribution >= 4 is 28.3 Å². The zero-order valence-electron chi connectivity index (χ0n) is 23.9. The van der Waals surface area contributed by atoms with Crippen LogP contribution in [0.1, 0.15) is 47.1 Å². The molecule has 0 saturated carbocycles. The Labute approximate surface area is 249 Å². The number of hydrogen-bond acceptors (Lipinski definition) is 6. The van der Waals surface area contributed by atoms with E-state index >= 15 is 0 Å². The molecule has 0 saturated heterocycles. The van der Waals surface area contributed by atoms with Gasteiger partial charge in [-0.1, -0.05) is 55.6 Å². The summed E-state index contributed by atoms with van der Waals surface area (Å²) in [7, 11) is 0. The number of halogens is 1. The number of pyridine rings is 2. The topological polar surface area (TPSA) is 92.5 Å². The van der Waals surface area contributed by atoms with E-state index in [4.69, 9.17) is 10.7 Å². The fourth-order valence-electron chi connectivity index (χ4n) is 4.90. The van der Waals surface area contributed by atoms with E-state index in [-0.39, 0.29) is 5.13 Å². The molecule has 0 unspecified atom stereocenters. The number of nitrogens with two attached hydrogens (primary N) is 1. The molecule has 1 aromatic carbocycles. The number of aromatic amines is 1. The predicted octanol–water partition coefficient (Wildman–Crippen LogP) is 8.07. The Balaban J connectivity index is 1.44. The summed E-state index contributed by atoms with van der Waals surface area (Å²) in [4.78, 5) is 18.3. The first kappa shape index (κ1) is 28.7. The monoisotopic (exact) mass is 576 g/mol. The molecule has 0 aliphatic rings. The summed E-state index contributed by atoms with van der Waals surface area (Å²) in [5, 5.41) is 3.12. The third kappa shape index (κ3) is 6.09. The van der Waals surface area contributed by atoms with Gasteiger partial charge in [-0.15, -0.1) is 11.3 Å². The number of imidazole rings is 1. The van der Waals surface area contributed by atoms with Crippen molar-refractivity contribution < 1.29 is 4.39 Å². The van der Waals surface area contributed by atoms with Crippen molar-refractivity contribution in [1.82, 2.24) is 19.9 Å². The van der Waals surface area contributed by atoms with Gasteiger partial charge in [0.25, 0.3) is 0 Å². The maximum absolute atomic E-state index is 13.9. The summed E-state index contributed by atoms with van der Waals surface area (Å²) in [6.07, 6.45) is 9.47. The number of hydrogen-bond donors (Lipinski definition) is 3. The van der Waals surface area contributed by atoms with Gasteiger partial charge in [-0.25, -0.2) is 4.98 Å². The van der Waals surface area contributed by atoms with Gasteiger partial charge >= 0.3 is 0 Å². The molecule has 0 radical (unpaired) electrons. The smallest absolute Gasteiger partial charge is 0.176 e. The van der Waals surface area contributed by atoms with Gasteiger partial charge in [0, 0.05) is 45.4 Å². The summed E-state index contributed by atoms with van der Waals surface area (Å²) >= 11 is 1.08. The van der Waals surface area contributed by atoms with Crippen molar-refractivity contribution in [3.63, 3.8) is 0 Å². The zero-order valence-corrected chi connectivity index (χ0v) is 24.7. The average Bonchev–Trinajstić information content (AvgIpc) is 3.58. The molecule has 0 fully saturated rings. The van der Waals surface area contributed by atoms with Gasteiger partial charge in [0.1, 0.15) is 5.82 Å². The van der Waals surface area contributed by atoms with Crippen molar-refractivity contribution in [3.05, 3.63) is 143 Å². The number of benzene rings is 1. The highest BCUT2D eigenvalue weighted by Gasteiger charge is 2.31. The molecular formula is C34H33FN6S. The Bertz CT molecular complexity index is 1780. The number of rotatable bonds is 10. The van der Waals surface area contributed by atoms with Crippen molar-refractivity contribution in [3.8, 4) is 11.3 Å². The van der Waals surface area contributed by atoms with Crippen LogP contribution in [0.15, 0.2) is 104 Å². The zero-order chi connectivity index (χ0) is 29.9. The number of anilines is 2. The molecular weight excluding hydrogens is 543 g/mol. The van der Waals surface area contributed by atoms with Crippen LogP contribution in [0.3, 0.4) is 0 Å². The maximum atomic E-state index is 13.9. The summed E-state index contributed by atoms with van der Waals surface area (Å²) in [6, 6.07) is 17.4. The molecule has 212 valence electrons. The molecule has 42 heavy (non-hydrogen) atoms. The van der Waals surface area contributed by atoms with E-state index in [9.17, 15) is 4.39 Å². The maximum Gasteiger partial charge on any atom is 0.176 e. The SMILES string of the molecule is C=C/C=C(/c1ccc(F)s1)c1nc(C(C)(C)c2cc(-c3cncc(NC(=C)Cc4ccccc4)c3)ncc2N)[nH]c1C. The van der Waals surface area contributed by atoms with Gasteiger partial charge < -0.3 is 16.0 Å². The molecule has 5 rings (SSSR count). The molecule has 4 aromatic heterocycles.